The molecule has 0 spiro atoms. The van der Waals surface area contributed by atoms with Gasteiger partial charge < -0.3 is 15.4 Å². The standard InChI is InChI=1S/C14H14N4O.C7H17O2P.C4H10/c1-14(2)11(9-6-4-3-5-7-9)18-10-12(15)16-8-17-13(10)19-14;1-4-5-7(2)6-10(3,8)9;1-3-4-2/h3-8H,1-2H3,(H2,15,16,17);7H,4-6H2,1-3H3,(H,8,9);3-4H2,1-2H3/t;7-;/m.1./s1. The van der Waals surface area contributed by atoms with Gasteiger partial charge in [0.15, 0.2) is 18.9 Å². The molecule has 1 aliphatic heterocycles. The lowest BCUT2D eigenvalue weighted by Crippen LogP contribution is -2.41. The van der Waals surface area contributed by atoms with Crippen molar-refractivity contribution in [2.45, 2.75) is 72.8 Å². The zero-order valence-electron chi connectivity index (χ0n) is 21.2. The van der Waals surface area contributed by atoms with Crippen LogP contribution in [0.5, 0.6) is 5.88 Å². The van der Waals surface area contributed by atoms with Gasteiger partial charge in [-0.05, 0) is 19.8 Å². The largest absolute Gasteiger partial charge is 0.463 e. The molecule has 3 N–H and O–H groups in total. The van der Waals surface area contributed by atoms with Crippen LogP contribution in [-0.2, 0) is 4.57 Å². The average molecular weight is 477 g/mol. The third kappa shape index (κ3) is 10.1. The van der Waals surface area contributed by atoms with Gasteiger partial charge >= 0.3 is 0 Å². The maximum absolute atomic E-state index is 10.9. The van der Waals surface area contributed by atoms with E-state index in [0.717, 1.165) is 24.1 Å². The first-order chi connectivity index (χ1) is 15.4. The molecule has 8 heteroatoms. The summed E-state index contributed by atoms with van der Waals surface area (Å²) in [6.45, 7) is 13.8. The fraction of sp³-hybridized carbons (Fsp3) is 0.560. The molecule has 33 heavy (non-hydrogen) atoms. The van der Waals surface area contributed by atoms with Crippen molar-refractivity contribution < 1.29 is 14.2 Å². The van der Waals surface area contributed by atoms with E-state index in [1.807, 2.05) is 51.1 Å². The number of benzene rings is 1. The van der Waals surface area contributed by atoms with Crippen molar-refractivity contribution in [3.05, 3.63) is 42.2 Å². The Morgan fingerprint density at radius 3 is 2.21 bits per heavy atom. The first-order valence-corrected chi connectivity index (χ1v) is 14.0. The fourth-order valence-electron chi connectivity index (χ4n) is 3.26. The second-order valence-corrected chi connectivity index (χ2v) is 11.4. The summed E-state index contributed by atoms with van der Waals surface area (Å²) in [5.41, 5.74) is 7.59. The van der Waals surface area contributed by atoms with Crippen molar-refractivity contribution in [1.82, 2.24) is 9.97 Å². The third-order valence-electron chi connectivity index (χ3n) is 4.94. The van der Waals surface area contributed by atoms with E-state index in [1.165, 1.54) is 25.8 Å². The first-order valence-electron chi connectivity index (χ1n) is 11.7. The molecule has 0 bridgehead atoms. The molecular weight excluding hydrogens is 435 g/mol. The van der Waals surface area contributed by atoms with Gasteiger partial charge in [0, 0.05) is 18.4 Å². The van der Waals surface area contributed by atoms with E-state index in [2.05, 4.69) is 35.7 Å². The van der Waals surface area contributed by atoms with Crippen LogP contribution in [0.25, 0.3) is 0 Å². The Hall–Kier alpha value is -2.24. The summed E-state index contributed by atoms with van der Waals surface area (Å²) < 4.78 is 16.8. The van der Waals surface area contributed by atoms with Crippen molar-refractivity contribution in [2.24, 2.45) is 10.9 Å². The number of nitrogens with two attached hydrogens (primary N) is 1. The maximum Gasteiger partial charge on any atom is 0.246 e. The van der Waals surface area contributed by atoms with Crippen LogP contribution >= 0.6 is 7.37 Å². The third-order valence-corrected chi connectivity index (χ3v) is 6.24. The van der Waals surface area contributed by atoms with E-state index < -0.39 is 13.0 Å². The summed E-state index contributed by atoms with van der Waals surface area (Å²) in [5, 5.41) is 0. The molecule has 0 saturated carbocycles. The van der Waals surface area contributed by atoms with Crippen molar-refractivity contribution in [3.63, 3.8) is 0 Å². The van der Waals surface area contributed by atoms with E-state index in [1.54, 1.807) is 0 Å². The molecule has 1 unspecified atom stereocenters. The lowest BCUT2D eigenvalue weighted by molar-refractivity contribution is 0.171. The number of anilines is 1. The molecule has 184 valence electrons. The van der Waals surface area contributed by atoms with Crippen LogP contribution in [0.4, 0.5) is 11.5 Å². The molecule has 0 amide bonds. The molecular formula is C25H41N4O3P. The topological polar surface area (TPSA) is 111 Å². The van der Waals surface area contributed by atoms with Crippen LogP contribution in [0.3, 0.4) is 0 Å². The number of rotatable bonds is 6. The molecule has 0 aliphatic carbocycles. The molecule has 0 radical (unpaired) electrons. The number of unbranched alkanes of at least 4 members (excludes halogenated alkanes) is 1. The van der Waals surface area contributed by atoms with E-state index in [-0.39, 0.29) is 0 Å². The highest BCUT2D eigenvalue weighted by atomic mass is 31.2. The Morgan fingerprint density at radius 2 is 1.70 bits per heavy atom. The highest BCUT2D eigenvalue weighted by Gasteiger charge is 2.34. The van der Waals surface area contributed by atoms with E-state index >= 15 is 0 Å². The Kier molecular flexibility index (Phi) is 11.7. The molecule has 0 fully saturated rings. The predicted molar refractivity (Wildman–Crippen MR) is 139 cm³/mol. The zero-order valence-corrected chi connectivity index (χ0v) is 22.1. The zero-order chi connectivity index (χ0) is 25.1. The summed E-state index contributed by atoms with van der Waals surface area (Å²) in [7, 11) is -2.75. The minimum Gasteiger partial charge on any atom is -0.463 e. The molecule has 0 saturated heterocycles. The van der Waals surface area contributed by atoms with Gasteiger partial charge in [0.25, 0.3) is 0 Å². The fourth-order valence-corrected chi connectivity index (χ4v) is 4.60. The minimum absolute atomic E-state index is 0.328. The SMILES string of the molecule is CC1(C)Oc2ncnc(N)c2N=C1c1ccccc1.CCCC.CCC[C@@H](C)CP(C)(=O)O. The van der Waals surface area contributed by atoms with Crippen LogP contribution in [0.2, 0.25) is 0 Å². The molecule has 1 aliphatic rings. The van der Waals surface area contributed by atoms with Gasteiger partial charge in [-0.3, -0.25) is 4.57 Å². The van der Waals surface area contributed by atoms with Gasteiger partial charge in [0.05, 0.1) is 5.71 Å². The highest BCUT2D eigenvalue weighted by molar-refractivity contribution is 7.57. The monoisotopic (exact) mass is 476 g/mol. The summed E-state index contributed by atoms with van der Waals surface area (Å²) >= 11 is 0. The predicted octanol–water partition coefficient (Wildman–Crippen LogP) is 6.48. The summed E-state index contributed by atoms with van der Waals surface area (Å²) in [4.78, 5) is 21.6. The molecule has 1 aromatic heterocycles. The van der Waals surface area contributed by atoms with E-state index in [9.17, 15) is 4.57 Å². The molecule has 3 rings (SSSR count). The van der Waals surface area contributed by atoms with Crippen molar-refractivity contribution >= 4 is 24.6 Å². The Labute approximate surface area is 199 Å². The molecule has 7 nitrogen and oxygen atoms in total. The Morgan fingerprint density at radius 1 is 1.09 bits per heavy atom. The Bertz CT molecular complexity index is 925. The highest BCUT2D eigenvalue weighted by Crippen LogP contribution is 2.39. The number of aliphatic imine (C=N–C) groups is 1. The molecule has 2 atom stereocenters. The Balaban J connectivity index is 0.000000329. The van der Waals surface area contributed by atoms with E-state index in [4.69, 9.17) is 15.4 Å². The number of hydrogen-bond donors (Lipinski definition) is 2. The second kappa shape index (κ2) is 13.5. The number of ether oxygens (including phenoxy) is 1. The van der Waals surface area contributed by atoms with Gasteiger partial charge in [-0.1, -0.05) is 83.7 Å². The molecule has 2 heterocycles. The lowest BCUT2D eigenvalue weighted by atomic mass is 9.94. The first kappa shape index (κ1) is 28.8. The number of nitrogens with zero attached hydrogens (tertiary/aromatic N) is 3. The van der Waals surface area contributed by atoms with Crippen molar-refractivity contribution in [2.75, 3.05) is 18.6 Å². The quantitative estimate of drug-likeness (QED) is 0.462. The second-order valence-electron chi connectivity index (χ2n) is 8.98. The summed E-state index contributed by atoms with van der Waals surface area (Å²) in [6.07, 6.45) is 6.65. The van der Waals surface area contributed by atoms with Gasteiger partial charge in [-0.2, -0.15) is 4.98 Å². The smallest absolute Gasteiger partial charge is 0.246 e. The van der Waals surface area contributed by atoms with Gasteiger partial charge in [0.2, 0.25) is 5.88 Å². The lowest BCUT2D eigenvalue weighted by Gasteiger charge is -2.32. The number of aromatic nitrogens is 2. The van der Waals surface area contributed by atoms with Gasteiger partial charge in [-0.25, -0.2) is 9.98 Å². The minimum atomic E-state index is -2.75. The molecule has 1 aromatic carbocycles. The summed E-state index contributed by atoms with van der Waals surface area (Å²) in [5.74, 6) is 1.15. The molecule has 2 aromatic rings. The van der Waals surface area contributed by atoms with E-state index in [0.29, 0.717) is 29.5 Å². The van der Waals surface area contributed by atoms with Crippen LogP contribution in [0.15, 0.2) is 41.7 Å². The normalized spacial score (nSPS) is 16.3. The van der Waals surface area contributed by atoms with Crippen LogP contribution < -0.4 is 10.5 Å². The average Bonchev–Trinajstić information content (AvgIpc) is 2.73. The van der Waals surface area contributed by atoms with Gasteiger partial charge in [0.1, 0.15) is 11.9 Å². The van der Waals surface area contributed by atoms with Gasteiger partial charge in [-0.15, -0.1) is 0 Å². The maximum atomic E-state index is 10.9. The van der Waals surface area contributed by atoms with Crippen LogP contribution in [0.1, 0.15) is 72.8 Å². The van der Waals surface area contributed by atoms with Crippen LogP contribution in [-0.4, -0.2) is 39.0 Å². The van der Waals surface area contributed by atoms with Crippen molar-refractivity contribution in [3.8, 4) is 5.88 Å². The summed E-state index contributed by atoms with van der Waals surface area (Å²) in [6, 6.07) is 9.89. The number of fused-ring (bicyclic) bond motifs is 1. The number of nitrogen functional groups attached to an aromatic ring is 1. The van der Waals surface area contributed by atoms with Crippen LogP contribution in [0, 0.1) is 5.92 Å². The van der Waals surface area contributed by atoms with Crippen molar-refractivity contribution in [1.29, 1.82) is 0 Å². The number of hydrogen-bond acceptors (Lipinski definition) is 6.